The van der Waals surface area contributed by atoms with E-state index < -0.39 is 8.24 Å². The second-order valence-electron chi connectivity index (χ2n) is 26.1. The monoisotopic (exact) mass is 954 g/mol. The second-order valence-corrected chi connectivity index (χ2v) is 30.6. The summed E-state index contributed by atoms with van der Waals surface area (Å²) in [5.41, 5.74) is 8.09. The Morgan fingerprint density at radius 2 is 0.794 bits per heavy atom. The van der Waals surface area contributed by atoms with Crippen molar-refractivity contribution in [3.05, 3.63) is 53.1 Å². The van der Waals surface area contributed by atoms with Gasteiger partial charge in [-0.15, -0.1) is 0 Å². The minimum atomic E-state index is -1.82. The van der Waals surface area contributed by atoms with Crippen LogP contribution in [0.1, 0.15) is 323 Å². The van der Waals surface area contributed by atoms with E-state index >= 15 is 0 Å². The molecule has 0 saturated heterocycles. The van der Waals surface area contributed by atoms with E-state index in [1.807, 2.05) is 0 Å². The van der Waals surface area contributed by atoms with Gasteiger partial charge in [0.2, 0.25) is 0 Å². The van der Waals surface area contributed by atoms with E-state index in [-0.39, 0.29) is 16.5 Å². The van der Waals surface area contributed by atoms with Crippen LogP contribution in [0.5, 0.6) is 0 Å². The first-order chi connectivity index (χ1) is 32.8. The number of fused-ring (bicyclic) bond motifs is 4. The van der Waals surface area contributed by atoms with Crippen LogP contribution in [0, 0.1) is 11.8 Å². The number of benzene rings is 1. The fourth-order valence-corrected chi connectivity index (χ4v) is 21.0. The number of unbranched alkanes of at least 4 members (excludes halogenated alkanes) is 34. The highest BCUT2D eigenvalue weighted by molar-refractivity contribution is 6.76. The lowest BCUT2D eigenvalue weighted by Crippen LogP contribution is -2.67. The number of rotatable bonds is 40. The molecule has 0 radical (unpaired) electrons. The third kappa shape index (κ3) is 19.4. The van der Waals surface area contributed by atoms with E-state index in [0.717, 1.165) is 5.54 Å². The van der Waals surface area contributed by atoms with Gasteiger partial charge in [-0.2, -0.15) is 0 Å². The molecule has 1 aromatic rings. The molecule has 1 fully saturated rings. The summed E-state index contributed by atoms with van der Waals surface area (Å²) in [6, 6.07) is 9.85. The van der Waals surface area contributed by atoms with Crippen molar-refractivity contribution >= 4 is 13.8 Å². The maximum Gasteiger partial charge on any atom is 0.126 e. The third-order valence-electron chi connectivity index (χ3n) is 17.8. The van der Waals surface area contributed by atoms with Gasteiger partial charge in [-0.25, -0.2) is 0 Å². The summed E-state index contributed by atoms with van der Waals surface area (Å²) in [7, 11) is -1.82. The van der Waals surface area contributed by atoms with Gasteiger partial charge in [0.15, 0.2) is 0 Å². The van der Waals surface area contributed by atoms with Crippen molar-refractivity contribution in [3.63, 3.8) is 0 Å². The van der Waals surface area contributed by atoms with Gasteiger partial charge in [-0.1, -0.05) is 301 Å². The summed E-state index contributed by atoms with van der Waals surface area (Å²) in [6.45, 7) is 25.1. The summed E-state index contributed by atoms with van der Waals surface area (Å²) in [5.74, 6) is 1.39. The van der Waals surface area contributed by atoms with E-state index in [0.29, 0.717) is 11.8 Å². The van der Waals surface area contributed by atoms with E-state index in [9.17, 15) is 0 Å². The molecule has 3 atom stereocenters. The molecule has 0 aromatic heterocycles. The first kappa shape index (κ1) is 59.4. The molecule has 68 heavy (non-hydrogen) atoms. The standard InChI is InChI=1S/C66H119NSi/c1-11-13-15-17-19-21-23-25-27-29-31-33-35-37-39-41-43-47-53-66(54-48-44-42-40-38-36-34-32-30-28-26-24-22-20-18-16-14-12-2)61-50-46-45-49-58(61)60-55-57-51-52-63(59(57)56-62(60)66)68(9,10)67(64(3,4)5)65(6,7)8/h45-46,49-50,55-57,59,63H,11-44,47-48,51-54H2,1-10H3. The predicted octanol–water partition coefficient (Wildman–Crippen LogP) is 22.6. The van der Waals surface area contributed by atoms with E-state index in [1.54, 1.807) is 22.3 Å². The summed E-state index contributed by atoms with van der Waals surface area (Å²) in [6.07, 6.45) is 63.5. The van der Waals surface area contributed by atoms with Crippen LogP contribution in [0.3, 0.4) is 0 Å². The number of hydrogen-bond donors (Lipinski definition) is 0. The number of hydrogen-bond acceptors (Lipinski definition) is 1. The van der Waals surface area contributed by atoms with Crippen molar-refractivity contribution in [2.45, 2.75) is 347 Å². The van der Waals surface area contributed by atoms with E-state index in [1.165, 1.54) is 257 Å². The van der Waals surface area contributed by atoms with Crippen LogP contribution in [0.2, 0.25) is 18.6 Å². The number of allylic oxidation sites excluding steroid dienone is 4. The zero-order valence-electron chi connectivity index (χ0n) is 47.9. The third-order valence-corrected chi connectivity index (χ3v) is 22.8. The topological polar surface area (TPSA) is 3.24 Å². The molecule has 0 N–H and O–H groups in total. The molecule has 2 heteroatoms. The molecule has 1 aromatic carbocycles. The Labute approximate surface area is 428 Å². The zero-order chi connectivity index (χ0) is 49.1. The maximum absolute atomic E-state index is 3.03. The Hall–Kier alpha value is -1.12. The van der Waals surface area contributed by atoms with Crippen molar-refractivity contribution in [2.75, 3.05) is 0 Å². The Morgan fingerprint density at radius 3 is 1.15 bits per heavy atom. The van der Waals surface area contributed by atoms with Gasteiger partial charge < -0.3 is 4.57 Å². The lowest BCUT2D eigenvalue weighted by atomic mass is 9.68. The lowest BCUT2D eigenvalue weighted by Gasteiger charge is -2.57. The van der Waals surface area contributed by atoms with E-state index in [2.05, 4.69) is 109 Å². The minimum Gasteiger partial charge on any atom is -0.314 e. The zero-order valence-corrected chi connectivity index (χ0v) is 48.9. The van der Waals surface area contributed by atoms with Crippen LogP contribution in [0.25, 0.3) is 5.57 Å². The molecule has 392 valence electrons. The Morgan fingerprint density at radius 1 is 0.456 bits per heavy atom. The fraction of sp³-hybridized carbons (Fsp3) is 0.848. The normalized spacial score (nSPS) is 19.1. The van der Waals surface area contributed by atoms with Crippen molar-refractivity contribution in [1.29, 1.82) is 0 Å². The molecule has 3 unspecified atom stereocenters. The summed E-state index contributed by atoms with van der Waals surface area (Å²) >= 11 is 0. The highest BCUT2D eigenvalue weighted by atomic mass is 28.3. The molecule has 4 rings (SSSR count). The molecule has 0 spiro atoms. The van der Waals surface area contributed by atoms with Crippen molar-refractivity contribution < 1.29 is 0 Å². The van der Waals surface area contributed by atoms with Crippen molar-refractivity contribution in [2.24, 2.45) is 11.8 Å². The summed E-state index contributed by atoms with van der Waals surface area (Å²) < 4.78 is 3.03. The summed E-state index contributed by atoms with van der Waals surface area (Å²) in [4.78, 5) is 0. The van der Waals surface area contributed by atoms with Gasteiger partial charge in [0, 0.05) is 16.5 Å². The van der Waals surface area contributed by atoms with Crippen LogP contribution < -0.4 is 0 Å². The minimum absolute atomic E-state index is 0.168. The van der Waals surface area contributed by atoms with E-state index in [4.69, 9.17) is 0 Å². The molecule has 3 aliphatic rings. The second kappa shape index (κ2) is 32.1. The lowest BCUT2D eigenvalue weighted by molar-refractivity contribution is 0.122. The molecule has 0 aliphatic heterocycles. The van der Waals surface area contributed by atoms with Crippen LogP contribution in [-0.2, 0) is 5.41 Å². The Kier molecular flexibility index (Phi) is 28.1. The van der Waals surface area contributed by atoms with Gasteiger partial charge in [0.1, 0.15) is 8.24 Å². The molecule has 0 bridgehead atoms. The molecule has 1 saturated carbocycles. The van der Waals surface area contributed by atoms with Crippen molar-refractivity contribution in [1.82, 2.24) is 4.57 Å². The highest BCUT2D eigenvalue weighted by Crippen LogP contribution is 2.62. The molecule has 0 heterocycles. The van der Waals surface area contributed by atoms with Crippen molar-refractivity contribution in [3.8, 4) is 0 Å². The molecule has 0 amide bonds. The van der Waals surface area contributed by atoms with Gasteiger partial charge in [-0.3, -0.25) is 0 Å². The first-order valence-electron chi connectivity index (χ1n) is 31.1. The SMILES string of the molecule is CCCCCCCCCCCCCCCCCCCCC1(CCCCCCCCCCCCCCCCCCCC)C2=CC3C(C=C2c2ccccc21)CCC3[Si](C)(C)N(C(C)(C)C)C(C)(C)C. The Balaban J connectivity index is 1.31. The average Bonchev–Trinajstić information content (AvgIpc) is 3.83. The van der Waals surface area contributed by atoms with Gasteiger partial charge in [0.25, 0.3) is 0 Å². The quantitative estimate of drug-likeness (QED) is 0.0468. The smallest absolute Gasteiger partial charge is 0.126 e. The molecule has 1 nitrogen and oxygen atoms in total. The number of nitrogens with zero attached hydrogens (tertiary/aromatic N) is 1. The van der Waals surface area contributed by atoms with Crippen LogP contribution in [-0.4, -0.2) is 23.9 Å². The van der Waals surface area contributed by atoms with Crippen LogP contribution >= 0.6 is 0 Å². The van der Waals surface area contributed by atoms with Crippen LogP contribution in [0.15, 0.2) is 42.0 Å². The van der Waals surface area contributed by atoms with Gasteiger partial charge in [-0.05, 0) is 100 Å². The Bertz CT molecular complexity index is 1460. The molecule has 3 aliphatic carbocycles. The maximum atomic E-state index is 3.03. The van der Waals surface area contributed by atoms with Gasteiger partial charge >= 0.3 is 0 Å². The van der Waals surface area contributed by atoms with Gasteiger partial charge in [0.05, 0.1) is 0 Å². The molecular formula is C66H119NSi. The fourth-order valence-electron chi connectivity index (χ4n) is 15.1. The predicted molar refractivity (Wildman–Crippen MR) is 310 cm³/mol. The highest BCUT2D eigenvalue weighted by Gasteiger charge is 2.55. The summed E-state index contributed by atoms with van der Waals surface area (Å²) in [5, 5.41) is 0. The average molecular weight is 955 g/mol. The largest absolute Gasteiger partial charge is 0.314 e. The molecular weight excluding hydrogens is 835 g/mol. The first-order valence-corrected chi connectivity index (χ1v) is 34.2. The van der Waals surface area contributed by atoms with Crippen LogP contribution in [0.4, 0.5) is 0 Å².